The van der Waals surface area contributed by atoms with E-state index in [4.69, 9.17) is 4.74 Å². The number of methoxy groups -OCH3 is 1. The zero-order valence-electron chi connectivity index (χ0n) is 13.0. The van der Waals surface area contributed by atoms with E-state index in [9.17, 15) is 9.18 Å². The molecule has 0 radical (unpaired) electrons. The maximum absolute atomic E-state index is 13.5. The third kappa shape index (κ3) is 4.77. The van der Waals surface area contributed by atoms with Gasteiger partial charge in [0.25, 0.3) is 5.91 Å². The number of hydrogen-bond donors (Lipinski definition) is 2. The summed E-state index contributed by atoms with van der Waals surface area (Å²) in [5.74, 6) is 0.0840. The van der Waals surface area contributed by atoms with Gasteiger partial charge in [-0.2, -0.15) is 0 Å². The summed E-state index contributed by atoms with van der Waals surface area (Å²) in [6.07, 6.45) is 0. The van der Waals surface area contributed by atoms with Crippen LogP contribution in [-0.2, 0) is 4.79 Å². The van der Waals surface area contributed by atoms with Crippen molar-refractivity contribution < 1.29 is 19.2 Å². The fourth-order valence-corrected chi connectivity index (χ4v) is 2.71. The zero-order chi connectivity index (χ0) is 16.8. The summed E-state index contributed by atoms with van der Waals surface area (Å²) in [7, 11) is 1.61. The topological polar surface area (TPSA) is 54.9 Å². The number of amides is 1. The van der Waals surface area contributed by atoms with Gasteiger partial charge in [0.05, 0.1) is 17.3 Å². The van der Waals surface area contributed by atoms with Crippen LogP contribution in [-0.4, -0.2) is 19.6 Å². The molecule has 2 aromatic rings. The van der Waals surface area contributed by atoms with Crippen molar-refractivity contribution in [3.05, 3.63) is 58.3 Å². The Bertz CT molecular complexity index is 694. The molecule has 3 N–H and O–H groups in total. The van der Waals surface area contributed by atoms with Crippen LogP contribution in [0.25, 0.3) is 0 Å². The van der Waals surface area contributed by atoms with Gasteiger partial charge < -0.3 is 15.4 Å². The van der Waals surface area contributed by atoms with Gasteiger partial charge in [0.1, 0.15) is 17.6 Å². The fraction of sp³-hybridized carbons (Fsp3) is 0.235. The summed E-state index contributed by atoms with van der Waals surface area (Å²) >= 11 is 3.45. The van der Waals surface area contributed by atoms with E-state index in [1.807, 2.05) is 30.4 Å². The van der Waals surface area contributed by atoms with Crippen LogP contribution in [0, 0.1) is 5.82 Å². The van der Waals surface area contributed by atoms with Gasteiger partial charge in [0.2, 0.25) is 0 Å². The first-order chi connectivity index (χ1) is 11.0. The highest BCUT2D eigenvalue weighted by Crippen LogP contribution is 2.27. The molecule has 0 fully saturated rings. The van der Waals surface area contributed by atoms with E-state index >= 15 is 0 Å². The Morgan fingerprint density at radius 3 is 2.74 bits per heavy atom. The van der Waals surface area contributed by atoms with Gasteiger partial charge >= 0.3 is 0 Å². The van der Waals surface area contributed by atoms with E-state index in [0.717, 1.165) is 15.8 Å². The second-order valence-electron chi connectivity index (χ2n) is 5.15. The van der Waals surface area contributed by atoms with E-state index in [0.29, 0.717) is 0 Å². The number of para-hydroxylation sites is 1. The van der Waals surface area contributed by atoms with Crippen molar-refractivity contribution in [1.29, 1.82) is 0 Å². The lowest BCUT2D eigenvalue weighted by Gasteiger charge is -2.13. The van der Waals surface area contributed by atoms with Crippen LogP contribution in [0.3, 0.4) is 0 Å². The minimum Gasteiger partial charge on any atom is -0.496 e. The minimum atomic E-state index is -0.437. The second kappa shape index (κ2) is 8.08. The van der Waals surface area contributed by atoms with E-state index in [-0.39, 0.29) is 24.2 Å². The highest BCUT2D eigenvalue weighted by atomic mass is 79.9. The molecule has 2 aromatic carbocycles. The average molecular weight is 382 g/mol. The average Bonchev–Trinajstić information content (AvgIpc) is 2.54. The normalized spacial score (nSPS) is 11.8. The lowest BCUT2D eigenvalue weighted by molar-refractivity contribution is -0.682. The zero-order valence-corrected chi connectivity index (χ0v) is 14.6. The Hall–Kier alpha value is -1.92. The number of carbonyl (C=O) groups is 1. The fourth-order valence-electron chi connectivity index (χ4n) is 2.15. The Balaban J connectivity index is 1.91. The number of halogens is 2. The molecule has 0 aliphatic rings. The molecule has 1 amide bonds. The third-order valence-corrected chi connectivity index (χ3v) is 4.13. The maximum Gasteiger partial charge on any atom is 0.279 e. The van der Waals surface area contributed by atoms with Gasteiger partial charge in [-0.3, -0.25) is 4.79 Å². The van der Waals surface area contributed by atoms with Crippen molar-refractivity contribution in [3.63, 3.8) is 0 Å². The molecule has 122 valence electrons. The molecule has 0 saturated heterocycles. The first-order valence-electron chi connectivity index (χ1n) is 7.22. The van der Waals surface area contributed by atoms with Crippen LogP contribution in [0.15, 0.2) is 46.9 Å². The second-order valence-corrected chi connectivity index (χ2v) is 6.00. The number of ether oxygens (including phenoxy) is 1. The smallest absolute Gasteiger partial charge is 0.279 e. The molecule has 0 spiro atoms. The highest BCUT2D eigenvalue weighted by molar-refractivity contribution is 9.10. The molecule has 2 rings (SSSR count). The molecule has 1 atom stereocenters. The van der Waals surface area contributed by atoms with Crippen molar-refractivity contribution in [2.75, 3.05) is 19.0 Å². The largest absolute Gasteiger partial charge is 0.496 e. The van der Waals surface area contributed by atoms with Gasteiger partial charge in [-0.1, -0.05) is 12.1 Å². The summed E-state index contributed by atoms with van der Waals surface area (Å²) in [5, 5.41) is 4.47. The minimum absolute atomic E-state index is 0.0866. The number of anilines is 1. The maximum atomic E-state index is 13.5. The first kappa shape index (κ1) is 17.4. The molecular formula is C17H19BrFN2O2+. The molecule has 23 heavy (non-hydrogen) atoms. The monoisotopic (exact) mass is 381 g/mol. The van der Waals surface area contributed by atoms with Crippen LogP contribution >= 0.6 is 15.9 Å². The number of nitrogens with one attached hydrogen (secondary N) is 1. The van der Waals surface area contributed by atoms with Gasteiger partial charge in [0, 0.05) is 5.56 Å². The predicted molar refractivity (Wildman–Crippen MR) is 90.9 cm³/mol. The Labute approximate surface area is 143 Å². The first-order valence-corrected chi connectivity index (χ1v) is 8.01. The molecule has 0 saturated carbocycles. The molecule has 6 heteroatoms. The molecule has 4 nitrogen and oxygen atoms in total. The van der Waals surface area contributed by atoms with Crippen LogP contribution in [0.5, 0.6) is 5.75 Å². The standard InChI is InChI=1S/C17H18BrFN2O2/c1-11(12-7-8-16(23-2)13(18)9-12)20-10-17(22)21-15-6-4-3-5-14(15)19/h3-9,11,20H,10H2,1-2H3,(H,21,22)/p+1/t11-/m1/s1. The molecule has 0 aliphatic carbocycles. The van der Waals surface area contributed by atoms with E-state index in [2.05, 4.69) is 21.2 Å². The molecule has 0 aliphatic heterocycles. The SMILES string of the molecule is COc1ccc([C@@H](C)[NH2+]CC(=O)Nc2ccccc2F)cc1Br. The highest BCUT2D eigenvalue weighted by Gasteiger charge is 2.14. The van der Waals surface area contributed by atoms with Crippen molar-refractivity contribution in [2.45, 2.75) is 13.0 Å². The summed E-state index contributed by atoms with van der Waals surface area (Å²) in [6, 6.07) is 12.0. The summed E-state index contributed by atoms with van der Waals surface area (Å²) in [6.45, 7) is 2.21. The van der Waals surface area contributed by atoms with Gasteiger partial charge in [-0.05, 0) is 53.2 Å². The van der Waals surface area contributed by atoms with Gasteiger partial charge in [-0.25, -0.2) is 4.39 Å². The third-order valence-electron chi connectivity index (χ3n) is 3.51. The molecule has 0 unspecified atom stereocenters. The lowest BCUT2D eigenvalue weighted by Crippen LogP contribution is -2.86. The van der Waals surface area contributed by atoms with Crippen LogP contribution < -0.4 is 15.4 Å². The van der Waals surface area contributed by atoms with Crippen molar-refractivity contribution in [1.82, 2.24) is 0 Å². The molecule has 0 bridgehead atoms. The van der Waals surface area contributed by atoms with E-state index in [1.165, 1.54) is 12.1 Å². The molecular weight excluding hydrogens is 363 g/mol. The van der Waals surface area contributed by atoms with Crippen molar-refractivity contribution in [3.8, 4) is 5.75 Å². The quantitative estimate of drug-likeness (QED) is 0.808. The van der Waals surface area contributed by atoms with Crippen molar-refractivity contribution in [2.24, 2.45) is 0 Å². The Morgan fingerprint density at radius 1 is 1.35 bits per heavy atom. The molecule has 0 heterocycles. The van der Waals surface area contributed by atoms with E-state index < -0.39 is 5.82 Å². The Morgan fingerprint density at radius 2 is 2.09 bits per heavy atom. The van der Waals surface area contributed by atoms with Crippen LogP contribution in [0.1, 0.15) is 18.5 Å². The lowest BCUT2D eigenvalue weighted by atomic mass is 10.1. The van der Waals surface area contributed by atoms with Crippen LogP contribution in [0.4, 0.5) is 10.1 Å². The Kier molecular flexibility index (Phi) is 6.12. The van der Waals surface area contributed by atoms with Gasteiger partial charge in [0.15, 0.2) is 6.54 Å². The molecule has 0 aromatic heterocycles. The summed E-state index contributed by atoms with van der Waals surface area (Å²) < 4.78 is 19.6. The summed E-state index contributed by atoms with van der Waals surface area (Å²) in [5.41, 5.74) is 1.27. The number of nitrogens with two attached hydrogens (primary N) is 1. The number of carbonyl (C=O) groups excluding carboxylic acids is 1. The number of rotatable bonds is 6. The van der Waals surface area contributed by atoms with Gasteiger partial charge in [-0.15, -0.1) is 0 Å². The predicted octanol–water partition coefficient (Wildman–Crippen LogP) is 2.86. The van der Waals surface area contributed by atoms with Crippen molar-refractivity contribution >= 4 is 27.5 Å². The summed E-state index contributed by atoms with van der Waals surface area (Å²) in [4.78, 5) is 11.9. The van der Waals surface area contributed by atoms with Crippen LogP contribution in [0.2, 0.25) is 0 Å². The number of hydrogen-bond acceptors (Lipinski definition) is 2. The number of quaternary nitrogens is 1. The van der Waals surface area contributed by atoms with E-state index in [1.54, 1.807) is 19.2 Å². The number of benzene rings is 2.